The van der Waals surface area contributed by atoms with E-state index in [2.05, 4.69) is 4.33 Å². The summed E-state index contributed by atoms with van der Waals surface area (Å²) in [6, 6.07) is 0. The Bertz CT molecular complexity index is 111. The quantitative estimate of drug-likeness (QED) is 0.400. The topological polar surface area (TPSA) is 46.5 Å². The zero-order valence-electron chi connectivity index (χ0n) is 4.67. The van der Waals surface area contributed by atoms with E-state index in [-0.39, 0.29) is 0 Å². The number of hydrogen-bond acceptors (Lipinski definition) is 3. The normalized spacial score (nSPS) is 18.0. The van der Waals surface area contributed by atoms with Crippen LogP contribution >= 0.6 is 0 Å². The second-order valence-electron chi connectivity index (χ2n) is 2.37. The summed E-state index contributed by atoms with van der Waals surface area (Å²) in [5.74, 6) is 0. The fourth-order valence-corrected chi connectivity index (χ4v) is 0. The third-order valence-electron chi connectivity index (χ3n) is 0.254. The van der Waals surface area contributed by atoms with Gasteiger partial charge in [-0.15, -0.1) is 4.33 Å². The first kappa shape index (κ1) is 7.07. The third kappa shape index (κ3) is 6.07. The Labute approximate surface area is 42.8 Å². The van der Waals surface area contributed by atoms with Gasteiger partial charge < -0.3 is 0 Å². The summed E-state index contributed by atoms with van der Waals surface area (Å²) < 4.78 is 14.4. The highest BCUT2D eigenvalue weighted by Crippen LogP contribution is 2.09. The van der Waals surface area contributed by atoms with Crippen molar-refractivity contribution in [2.75, 3.05) is 18.8 Å². The van der Waals surface area contributed by atoms with Gasteiger partial charge in [-0.3, -0.25) is 0 Å². The summed E-state index contributed by atoms with van der Waals surface area (Å²) in [5, 5.41) is 7.90. The van der Waals surface area contributed by atoms with E-state index in [1.54, 1.807) is 0 Å². The first-order valence-corrected chi connectivity index (χ1v) is 4.86. The molecule has 0 aromatic heterocycles. The molecule has 0 aliphatic rings. The summed E-state index contributed by atoms with van der Waals surface area (Å²) in [6.45, 7) is 0. The van der Waals surface area contributed by atoms with Gasteiger partial charge in [0, 0.05) is 18.8 Å². The molecule has 0 aliphatic carbocycles. The lowest BCUT2D eigenvalue weighted by Gasteiger charge is -2.29. The Morgan fingerprint density at radius 1 is 1.43 bits per heavy atom. The summed E-state index contributed by atoms with van der Waals surface area (Å²) >= 11 is 0. The second-order valence-corrected chi connectivity index (χ2v) is 7.10. The molecule has 0 saturated heterocycles. The first-order chi connectivity index (χ1) is 2.81. The molecule has 0 aliphatic heterocycles. The van der Waals surface area contributed by atoms with Crippen LogP contribution < -0.4 is 0 Å². The maximum Gasteiger partial charge on any atom is 0.0253 e. The molecule has 0 unspecified atom stereocenters. The average molecular weight is 126 g/mol. The zero-order valence-corrected chi connectivity index (χ0v) is 5.49. The molecule has 1 N–H and O–H groups in total. The Morgan fingerprint density at radius 3 is 1.57 bits per heavy atom. The summed E-state index contributed by atoms with van der Waals surface area (Å²) in [4.78, 5) is 0. The molecule has 3 nitrogen and oxygen atoms in total. The van der Waals surface area contributed by atoms with Gasteiger partial charge in [-0.2, -0.15) is 9.35 Å². The Kier molecular flexibility index (Phi) is 1.29. The van der Waals surface area contributed by atoms with Crippen LogP contribution in [-0.2, 0) is 13.7 Å². The Morgan fingerprint density at radius 2 is 1.57 bits per heavy atom. The number of hydrogen-bond donors (Lipinski definition) is 1. The predicted molar refractivity (Wildman–Crippen MR) is 29.6 cm³/mol. The minimum absolute atomic E-state index is 1.34. The molecular formula is C3H10O3S. The van der Waals surface area contributed by atoms with Gasteiger partial charge in [0.2, 0.25) is 0 Å². The van der Waals surface area contributed by atoms with Crippen molar-refractivity contribution in [1.29, 1.82) is 0 Å². The highest BCUT2D eigenvalue weighted by Gasteiger charge is 2.08. The van der Waals surface area contributed by atoms with Crippen LogP contribution in [0.3, 0.4) is 0 Å². The van der Waals surface area contributed by atoms with Gasteiger partial charge in [0.15, 0.2) is 0 Å². The van der Waals surface area contributed by atoms with E-state index < -0.39 is 9.35 Å². The molecule has 0 saturated carbocycles. The molecule has 0 atom stereocenters. The molecule has 0 bridgehead atoms. The minimum atomic E-state index is -3.06. The van der Waals surface area contributed by atoms with E-state index in [1.807, 2.05) is 0 Å². The van der Waals surface area contributed by atoms with Gasteiger partial charge in [-0.1, -0.05) is 0 Å². The monoisotopic (exact) mass is 126 g/mol. The SMILES string of the molecule is CS(C)(C)(=O)OO. The van der Waals surface area contributed by atoms with Gasteiger partial charge in [-0.25, -0.2) is 9.47 Å². The standard InChI is InChI=1S/C3H10O3S/c1-7(2,3,5)6-4/h4H,1-3H3. The molecule has 4 heteroatoms. The van der Waals surface area contributed by atoms with Crippen LogP contribution in [-0.4, -0.2) is 28.2 Å². The first-order valence-electron chi connectivity index (χ1n) is 1.74. The smallest absolute Gasteiger partial charge is 0.0253 e. The van der Waals surface area contributed by atoms with Crippen molar-refractivity contribution in [3.8, 4) is 0 Å². The van der Waals surface area contributed by atoms with E-state index in [1.165, 1.54) is 18.8 Å². The molecule has 0 spiro atoms. The van der Waals surface area contributed by atoms with Crippen molar-refractivity contribution in [2.24, 2.45) is 0 Å². The molecular weight excluding hydrogens is 116 g/mol. The maximum absolute atomic E-state index is 10.7. The maximum atomic E-state index is 10.7. The molecule has 0 fully saturated rings. The minimum Gasteiger partial charge on any atom is -0.231 e. The van der Waals surface area contributed by atoms with Crippen molar-refractivity contribution < 1.29 is 13.8 Å². The number of rotatable bonds is 1. The van der Waals surface area contributed by atoms with Crippen LogP contribution in [0.5, 0.6) is 0 Å². The molecule has 46 valence electrons. The van der Waals surface area contributed by atoms with Crippen molar-refractivity contribution in [3.63, 3.8) is 0 Å². The molecule has 0 aromatic carbocycles. The molecule has 0 heterocycles. The lowest BCUT2D eigenvalue weighted by Crippen LogP contribution is -2.28. The Balaban J connectivity index is 4.14. The molecule has 0 radical (unpaired) electrons. The lowest BCUT2D eigenvalue weighted by atomic mass is 11.9. The van der Waals surface area contributed by atoms with Crippen molar-refractivity contribution in [3.05, 3.63) is 0 Å². The highest BCUT2D eigenvalue weighted by atomic mass is 32.3. The van der Waals surface area contributed by atoms with E-state index in [9.17, 15) is 4.21 Å². The Hall–Kier alpha value is 0.0700. The molecule has 7 heavy (non-hydrogen) atoms. The molecule has 0 amide bonds. The predicted octanol–water partition coefficient (Wildman–Crippen LogP) is 0.100. The fraction of sp³-hybridized carbons (Fsp3) is 1.00. The van der Waals surface area contributed by atoms with Crippen LogP contribution in [0.15, 0.2) is 0 Å². The van der Waals surface area contributed by atoms with Gasteiger partial charge in [0.05, 0.1) is 0 Å². The largest absolute Gasteiger partial charge is 0.231 e. The summed E-state index contributed by atoms with van der Waals surface area (Å²) in [7, 11) is -3.06. The van der Waals surface area contributed by atoms with Gasteiger partial charge >= 0.3 is 0 Å². The van der Waals surface area contributed by atoms with E-state index in [0.717, 1.165) is 0 Å². The van der Waals surface area contributed by atoms with Crippen LogP contribution in [0.2, 0.25) is 0 Å². The third-order valence-corrected chi connectivity index (χ3v) is 0.762. The summed E-state index contributed by atoms with van der Waals surface area (Å²) in [6.07, 6.45) is 4.03. The van der Waals surface area contributed by atoms with E-state index in [0.29, 0.717) is 0 Å². The van der Waals surface area contributed by atoms with Gasteiger partial charge in [0.25, 0.3) is 0 Å². The van der Waals surface area contributed by atoms with Gasteiger partial charge in [0.1, 0.15) is 0 Å². The van der Waals surface area contributed by atoms with E-state index in [4.69, 9.17) is 5.26 Å². The van der Waals surface area contributed by atoms with Crippen LogP contribution in [0.1, 0.15) is 0 Å². The van der Waals surface area contributed by atoms with Crippen LogP contribution in [0.4, 0.5) is 0 Å². The average Bonchev–Trinajstić information content (AvgIpc) is 1.32. The zero-order chi connectivity index (χ0) is 6.15. The molecule has 0 rings (SSSR count). The van der Waals surface area contributed by atoms with E-state index >= 15 is 0 Å². The van der Waals surface area contributed by atoms with Crippen molar-refractivity contribution >= 4 is 9.35 Å². The fourth-order valence-electron chi connectivity index (χ4n) is 0. The second kappa shape index (κ2) is 1.27. The molecule has 0 aromatic rings. The van der Waals surface area contributed by atoms with Crippen molar-refractivity contribution in [1.82, 2.24) is 0 Å². The van der Waals surface area contributed by atoms with Crippen LogP contribution in [0.25, 0.3) is 0 Å². The van der Waals surface area contributed by atoms with Gasteiger partial charge in [-0.05, 0) is 0 Å². The van der Waals surface area contributed by atoms with Crippen LogP contribution in [0, 0.1) is 0 Å². The summed E-state index contributed by atoms with van der Waals surface area (Å²) in [5.41, 5.74) is 0. The van der Waals surface area contributed by atoms with Crippen molar-refractivity contribution in [2.45, 2.75) is 0 Å². The lowest BCUT2D eigenvalue weighted by molar-refractivity contribution is -0.131. The highest BCUT2D eigenvalue weighted by molar-refractivity contribution is 8.14.